The summed E-state index contributed by atoms with van der Waals surface area (Å²) in [6.45, 7) is 1.87. The molecular weight excluding hydrogens is 323 g/mol. The topological polar surface area (TPSA) is 49.4 Å². The molecule has 0 saturated carbocycles. The Kier molecular flexibility index (Phi) is 5.33. The monoisotopic (exact) mass is 342 g/mol. The first-order chi connectivity index (χ1) is 10.3. The Balaban J connectivity index is 2.20. The molecule has 1 aromatic carbocycles. The number of halogens is 1. The van der Waals surface area contributed by atoms with Crippen molar-refractivity contribution in [2.45, 2.75) is 17.9 Å². The van der Waals surface area contributed by atoms with Crippen LogP contribution in [0.4, 0.5) is 4.39 Å². The molecule has 0 aliphatic rings. The maximum Gasteiger partial charge on any atom is 0.240 e. The van der Waals surface area contributed by atoms with Crippen LogP contribution in [0, 0.1) is 12.7 Å². The van der Waals surface area contributed by atoms with Gasteiger partial charge in [-0.15, -0.1) is 0 Å². The fourth-order valence-corrected chi connectivity index (χ4v) is 4.19. The van der Waals surface area contributed by atoms with Crippen molar-refractivity contribution in [1.82, 2.24) is 9.62 Å². The van der Waals surface area contributed by atoms with Crippen molar-refractivity contribution < 1.29 is 12.8 Å². The average Bonchev–Trinajstić information content (AvgIpc) is 2.95. The number of sulfonamides is 1. The molecule has 0 aliphatic heterocycles. The van der Waals surface area contributed by atoms with Crippen molar-refractivity contribution in [3.63, 3.8) is 0 Å². The maximum atomic E-state index is 13.3. The molecule has 2 aromatic rings. The highest BCUT2D eigenvalue weighted by molar-refractivity contribution is 7.89. The first-order valence-electron chi connectivity index (χ1n) is 6.75. The summed E-state index contributed by atoms with van der Waals surface area (Å²) < 4.78 is 40.7. The summed E-state index contributed by atoms with van der Waals surface area (Å²) >= 11 is 1.57. The zero-order valence-electron chi connectivity index (χ0n) is 12.7. The van der Waals surface area contributed by atoms with Crippen LogP contribution in [0.2, 0.25) is 0 Å². The molecule has 0 spiro atoms. The number of likely N-dealkylation sites (N-methyl/N-ethyl adjacent to an activating group) is 1. The number of nitrogens with zero attached hydrogens (tertiary/aromatic N) is 1. The predicted molar refractivity (Wildman–Crippen MR) is 87.1 cm³/mol. The van der Waals surface area contributed by atoms with E-state index in [0.717, 1.165) is 11.6 Å². The third-order valence-electron chi connectivity index (χ3n) is 3.46. The number of rotatable bonds is 6. The van der Waals surface area contributed by atoms with Gasteiger partial charge in [0.1, 0.15) is 5.82 Å². The average molecular weight is 342 g/mol. The molecule has 22 heavy (non-hydrogen) atoms. The van der Waals surface area contributed by atoms with Crippen LogP contribution in [0.3, 0.4) is 0 Å². The second kappa shape index (κ2) is 6.87. The Morgan fingerprint density at radius 1 is 1.32 bits per heavy atom. The largest absolute Gasteiger partial charge is 0.301 e. The first kappa shape index (κ1) is 17.1. The molecule has 0 fully saturated rings. The number of thiophene rings is 1. The zero-order chi connectivity index (χ0) is 16.3. The molecule has 120 valence electrons. The third-order valence-corrected chi connectivity index (χ3v) is 5.72. The van der Waals surface area contributed by atoms with E-state index in [-0.39, 0.29) is 17.5 Å². The molecule has 0 aliphatic carbocycles. The lowest BCUT2D eigenvalue weighted by molar-refractivity contribution is 0.300. The van der Waals surface area contributed by atoms with Gasteiger partial charge in [-0.1, -0.05) is 6.07 Å². The van der Waals surface area contributed by atoms with Gasteiger partial charge in [-0.2, -0.15) is 11.3 Å². The summed E-state index contributed by atoms with van der Waals surface area (Å²) in [5.74, 6) is -0.562. The number of hydrogen-bond acceptors (Lipinski definition) is 4. The Labute approximate surface area is 134 Å². The van der Waals surface area contributed by atoms with Gasteiger partial charge < -0.3 is 4.90 Å². The van der Waals surface area contributed by atoms with Gasteiger partial charge in [0, 0.05) is 12.6 Å². The number of hydrogen-bond donors (Lipinski definition) is 1. The van der Waals surface area contributed by atoms with Gasteiger partial charge >= 0.3 is 0 Å². The summed E-state index contributed by atoms with van der Waals surface area (Å²) in [5.41, 5.74) is 1.57. The Morgan fingerprint density at radius 2 is 2.05 bits per heavy atom. The van der Waals surface area contributed by atoms with Crippen LogP contribution in [0.5, 0.6) is 0 Å². The van der Waals surface area contributed by atoms with E-state index < -0.39 is 15.8 Å². The van der Waals surface area contributed by atoms with Crippen LogP contribution in [0.25, 0.3) is 0 Å². The quantitative estimate of drug-likeness (QED) is 0.878. The third kappa shape index (κ3) is 3.92. The minimum Gasteiger partial charge on any atom is -0.301 e. The maximum absolute atomic E-state index is 13.3. The minimum absolute atomic E-state index is 0.0182. The van der Waals surface area contributed by atoms with E-state index in [1.807, 2.05) is 35.8 Å². The molecule has 1 heterocycles. The Hall–Kier alpha value is -1.28. The van der Waals surface area contributed by atoms with E-state index in [1.165, 1.54) is 12.1 Å². The number of benzene rings is 1. The standard InChI is InChI=1S/C15H19FN2O2S2/c1-11-4-5-13(16)8-15(11)22(19,20)17-9-14(18(2)3)12-6-7-21-10-12/h4-8,10,14,17H,9H2,1-3H3/t14-/m0/s1. The second-order valence-corrected chi connectivity index (χ2v) is 7.81. The van der Waals surface area contributed by atoms with Crippen molar-refractivity contribution in [2.24, 2.45) is 0 Å². The Bertz CT molecular complexity index is 728. The van der Waals surface area contributed by atoms with Gasteiger partial charge in [-0.05, 0) is 61.1 Å². The van der Waals surface area contributed by atoms with E-state index in [1.54, 1.807) is 18.3 Å². The molecule has 0 amide bonds. The molecule has 7 heteroatoms. The highest BCUT2D eigenvalue weighted by Crippen LogP contribution is 2.22. The van der Waals surface area contributed by atoms with Crippen LogP contribution in [0.1, 0.15) is 17.2 Å². The van der Waals surface area contributed by atoms with Gasteiger partial charge in [0.05, 0.1) is 4.90 Å². The number of aryl methyl sites for hydroxylation is 1. The molecule has 1 N–H and O–H groups in total. The van der Waals surface area contributed by atoms with Gasteiger partial charge in [-0.3, -0.25) is 0 Å². The minimum atomic E-state index is -3.75. The van der Waals surface area contributed by atoms with Crippen LogP contribution in [-0.2, 0) is 10.0 Å². The van der Waals surface area contributed by atoms with Gasteiger partial charge in [0.15, 0.2) is 0 Å². The molecule has 2 rings (SSSR count). The zero-order valence-corrected chi connectivity index (χ0v) is 14.3. The van der Waals surface area contributed by atoms with Crippen molar-refractivity contribution in [3.05, 3.63) is 52.0 Å². The van der Waals surface area contributed by atoms with Crippen molar-refractivity contribution in [1.29, 1.82) is 0 Å². The van der Waals surface area contributed by atoms with Crippen LogP contribution < -0.4 is 4.72 Å². The summed E-state index contributed by atoms with van der Waals surface area (Å²) in [6.07, 6.45) is 0. The van der Waals surface area contributed by atoms with E-state index in [2.05, 4.69) is 4.72 Å². The summed E-state index contributed by atoms with van der Waals surface area (Å²) in [7, 11) is 0.0395. The fraction of sp³-hybridized carbons (Fsp3) is 0.333. The lowest BCUT2D eigenvalue weighted by atomic mass is 10.1. The highest BCUT2D eigenvalue weighted by Gasteiger charge is 2.21. The van der Waals surface area contributed by atoms with E-state index in [4.69, 9.17) is 0 Å². The molecular formula is C15H19FN2O2S2. The van der Waals surface area contributed by atoms with Crippen LogP contribution in [-0.4, -0.2) is 34.0 Å². The smallest absolute Gasteiger partial charge is 0.240 e. The molecule has 0 unspecified atom stereocenters. The summed E-state index contributed by atoms with van der Waals surface area (Å²) in [5, 5.41) is 3.95. The normalized spacial score (nSPS) is 13.5. The molecule has 0 bridgehead atoms. The number of nitrogens with one attached hydrogen (secondary N) is 1. The highest BCUT2D eigenvalue weighted by atomic mass is 32.2. The molecule has 0 radical (unpaired) electrons. The Morgan fingerprint density at radius 3 is 2.64 bits per heavy atom. The van der Waals surface area contributed by atoms with Gasteiger partial charge in [0.25, 0.3) is 0 Å². The van der Waals surface area contributed by atoms with E-state index >= 15 is 0 Å². The van der Waals surface area contributed by atoms with Crippen LogP contribution in [0.15, 0.2) is 39.9 Å². The molecule has 0 saturated heterocycles. The SMILES string of the molecule is Cc1ccc(F)cc1S(=O)(=O)NC[C@@H](c1ccsc1)N(C)C. The molecule has 1 atom stereocenters. The van der Waals surface area contributed by atoms with Gasteiger partial charge in [-0.25, -0.2) is 17.5 Å². The lowest BCUT2D eigenvalue weighted by Gasteiger charge is -2.24. The molecule has 1 aromatic heterocycles. The summed E-state index contributed by atoms with van der Waals surface area (Å²) in [6, 6.07) is 5.66. The van der Waals surface area contributed by atoms with E-state index in [9.17, 15) is 12.8 Å². The predicted octanol–water partition coefficient (Wildman–Crippen LogP) is 2.78. The van der Waals surface area contributed by atoms with Crippen molar-refractivity contribution in [2.75, 3.05) is 20.6 Å². The van der Waals surface area contributed by atoms with E-state index in [0.29, 0.717) is 5.56 Å². The van der Waals surface area contributed by atoms with Crippen LogP contribution >= 0.6 is 11.3 Å². The first-order valence-corrected chi connectivity index (χ1v) is 9.18. The lowest BCUT2D eigenvalue weighted by Crippen LogP contribution is -2.34. The fourth-order valence-electron chi connectivity index (χ4n) is 2.19. The van der Waals surface area contributed by atoms with Crippen molar-refractivity contribution in [3.8, 4) is 0 Å². The van der Waals surface area contributed by atoms with Crippen molar-refractivity contribution >= 4 is 21.4 Å². The second-order valence-electron chi connectivity index (χ2n) is 5.30. The summed E-state index contributed by atoms with van der Waals surface area (Å²) in [4.78, 5) is 1.93. The molecule has 4 nitrogen and oxygen atoms in total. The van der Waals surface area contributed by atoms with Gasteiger partial charge in [0.2, 0.25) is 10.0 Å².